The molecule has 26 heavy (non-hydrogen) atoms. The lowest BCUT2D eigenvalue weighted by Gasteiger charge is -2.18. The van der Waals surface area contributed by atoms with Crippen molar-refractivity contribution in [3.63, 3.8) is 0 Å². The maximum absolute atomic E-state index is 13.1. The second-order valence-corrected chi connectivity index (χ2v) is 6.96. The molecule has 0 unspecified atom stereocenters. The van der Waals surface area contributed by atoms with Crippen LogP contribution in [-0.2, 0) is 6.54 Å². The van der Waals surface area contributed by atoms with Crippen molar-refractivity contribution < 1.29 is 9.32 Å². The highest BCUT2D eigenvalue weighted by atomic mass is 32.1. The number of hydrogen-bond donors (Lipinski definition) is 0. The molecule has 0 fully saturated rings. The van der Waals surface area contributed by atoms with Crippen LogP contribution in [0.4, 0.5) is 5.13 Å². The molecule has 0 bridgehead atoms. The van der Waals surface area contributed by atoms with Crippen LogP contribution < -0.4 is 4.90 Å². The summed E-state index contributed by atoms with van der Waals surface area (Å²) in [5.74, 6) is 0.329. The molecule has 0 saturated heterocycles. The first-order valence-electron chi connectivity index (χ1n) is 8.13. The molecule has 4 rings (SSSR count). The molecule has 0 aliphatic carbocycles. The highest BCUT2D eigenvalue weighted by Gasteiger charge is 2.25. The van der Waals surface area contributed by atoms with Gasteiger partial charge in [-0.15, -0.1) is 0 Å². The third-order valence-corrected chi connectivity index (χ3v) is 5.02. The van der Waals surface area contributed by atoms with Crippen LogP contribution in [0.25, 0.3) is 10.2 Å². The van der Waals surface area contributed by atoms with Crippen LogP contribution in [0.3, 0.4) is 0 Å². The van der Waals surface area contributed by atoms with Gasteiger partial charge in [0.2, 0.25) is 0 Å². The number of aromatic nitrogens is 3. The second kappa shape index (κ2) is 6.68. The predicted octanol–water partition coefficient (Wildman–Crippen LogP) is 4.14. The van der Waals surface area contributed by atoms with Crippen LogP contribution in [0.2, 0.25) is 0 Å². The smallest absolute Gasteiger partial charge is 0.282 e. The third kappa shape index (κ3) is 3.09. The van der Waals surface area contributed by atoms with Gasteiger partial charge in [0.05, 0.1) is 22.5 Å². The number of para-hydroxylation sites is 1. The molecular weight excluding hydrogens is 348 g/mol. The first-order valence-corrected chi connectivity index (χ1v) is 8.95. The normalized spacial score (nSPS) is 11.0. The molecule has 130 valence electrons. The Balaban J connectivity index is 1.78. The van der Waals surface area contributed by atoms with Crippen LogP contribution in [0, 0.1) is 13.8 Å². The van der Waals surface area contributed by atoms with Gasteiger partial charge in [0, 0.05) is 12.3 Å². The van der Waals surface area contributed by atoms with Crippen molar-refractivity contribution >= 4 is 32.6 Å². The van der Waals surface area contributed by atoms with Crippen molar-refractivity contribution in [1.82, 2.24) is 15.1 Å². The lowest BCUT2D eigenvalue weighted by molar-refractivity contribution is 0.0976. The number of hydrogen-bond acceptors (Lipinski definition) is 6. The van der Waals surface area contributed by atoms with Gasteiger partial charge in [0.25, 0.3) is 5.91 Å². The van der Waals surface area contributed by atoms with E-state index in [1.807, 2.05) is 43.3 Å². The van der Waals surface area contributed by atoms with Crippen LogP contribution in [0.5, 0.6) is 0 Å². The fourth-order valence-corrected chi connectivity index (χ4v) is 3.72. The van der Waals surface area contributed by atoms with Gasteiger partial charge in [-0.3, -0.25) is 14.7 Å². The number of rotatable bonds is 4. The van der Waals surface area contributed by atoms with Gasteiger partial charge in [-0.1, -0.05) is 34.7 Å². The van der Waals surface area contributed by atoms with Gasteiger partial charge >= 0.3 is 0 Å². The van der Waals surface area contributed by atoms with E-state index in [1.54, 1.807) is 24.1 Å². The van der Waals surface area contributed by atoms with Crippen LogP contribution in [0.15, 0.2) is 53.2 Å². The average Bonchev–Trinajstić information content (AvgIpc) is 3.27. The summed E-state index contributed by atoms with van der Waals surface area (Å²) in [5.41, 5.74) is 3.02. The van der Waals surface area contributed by atoms with Gasteiger partial charge in [-0.05, 0) is 37.6 Å². The molecule has 0 aliphatic heterocycles. The predicted molar refractivity (Wildman–Crippen MR) is 100 cm³/mol. The van der Waals surface area contributed by atoms with E-state index in [0.717, 1.165) is 21.5 Å². The topological polar surface area (TPSA) is 72.1 Å². The van der Waals surface area contributed by atoms with Gasteiger partial charge in [-0.25, -0.2) is 4.98 Å². The molecule has 1 amide bonds. The van der Waals surface area contributed by atoms with Gasteiger partial charge < -0.3 is 4.52 Å². The minimum atomic E-state index is -0.260. The summed E-state index contributed by atoms with van der Waals surface area (Å²) in [7, 11) is 0. The maximum atomic E-state index is 13.1. The number of nitrogens with zero attached hydrogens (tertiary/aromatic N) is 4. The first-order chi connectivity index (χ1) is 12.6. The third-order valence-electron chi connectivity index (χ3n) is 3.98. The minimum absolute atomic E-state index is 0.259. The van der Waals surface area contributed by atoms with Crippen LogP contribution in [-0.4, -0.2) is 21.0 Å². The van der Waals surface area contributed by atoms with Gasteiger partial charge in [0.15, 0.2) is 10.8 Å². The Morgan fingerprint density at radius 3 is 2.77 bits per heavy atom. The first kappa shape index (κ1) is 16.4. The minimum Gasteiger partial charge on any atom is -0.361 e. The Morgan fingerprint density at radius 2 is 2.08 bits per heavy atom. The van der Waals surface area contributed by atoms with Crippen molar-refractivity contribution in [3.05, 3.63) is 71.4 Å². The van der Waals surface area contributed by atoms with Gasteiger partial charge in [-0.2, -0.15) is 0 Å². The number of pyridine rings is 1. The monoisotopic (exact) mass is 364 g/mol. The zero-order valence-corrected chi connectivity index (χ0v) is 15.2. The molecule has 6 nitrogen and oxygen atoms in total. The number of carbonyl (C=O) groups is 1. The largest absolute Gasteiger partial charge is 0.361 e. The number of thiazole rings is 1. The standard InChI is InChI=1S/C19H16N4O2S/c1-12-6-5-8-16-17(12)21-19(26-16)23(11-14-7-3-4-9-20-14)18(24)15-10-13(2)25-22-15/h3-10H,11H2,1-2H3. The van der Waals surface area contributed by atoms with E-state index in [4.69, 9.17) is 9.51 Å². The fourth-order valence-electron chi connectivity index (χ4n) is 2.68. The molecule has 7 heteroatoms. The molecule has 4 aromatic rings. The number of amides is 1. The lowest BCUT2D eigenvalue weighted by Crippen LogP contribution is -2.31. The van der Waals surface area contributed by atoms with E-state index >= 15 is 0 Å². The quantitative estimate of drug-likeness (QED) is 0.544. The molecule has 0 aliphatic rings. The van der Waals surface area contributed by atoms with E-state index in [-0.39, 0.29) is 11.6 Å². The van der Waals surface area contributed by atoms with Crippen molar-refractivity contribution in [1.29, 1.82) is 0 Å². The summed E-state index contributed by atoms with van der Waals surface area (Å²) in [4.78, 5) is 23.7. The molecule has 3 heterocycles. The van der Waals surface area contributed by atoms with E-state index in [0.29, 0.717) is 17.4 Å². The number of anilines is 1. The highest BCUT2D eigenvalue weighted by Crippen LogP contribution is 2.32. The average molecular weight is 364 g/mol. The summed E-state index contributed by atoms with van der Waals surface area (Å²) >= 11 is 1.48. The van der Waals surface area contributed by atoms with E-state index in [9.17, 15) is 4.79 Å². The fraction of sp³-hybridized carbons (Fsp3) is 0.158. The molecule has 0 atom stereocenters. The summed E-state index contributed by atoms with van der Waals surface area (Å²) in [6.45, 7) is 4.08. The summed E-state index contributed by atoms with van der Waals surface area (Å²) < 4.78 is 6.11. The maximum Gasteiger partial charge on any atom is 0.282 e. The zero-order valence-electron chi connectivity index (χ0n) is 14.3. The number of fused-ring (bicyclic) bond motifs is 1. The Morgan fingerprint density at radius 1 is 1.19 bits per heavy atom. The summed E-state index contributed by atoms with van der Waals surface area (Å²) in [6.07, 6.45) is 1.71. The second-order valence-electron chi connectivity index (χ2n) is 5.95. The number of benzene rings is 1. The Labute approximate surface area is 154 Å². The lowest BCUT2D eigenvalue weighted by atomic mass is 10.2. The molecule has 0 saturated carbocycles. The molecule has 3 aromatic heterocycles. The number of aryl methyl sites for hydroxylation is 2. The van der Waals surface area contributed by atoms with Crippen molar-refractivity contribution in [2.45, 2.75) is 20.4 Å². The highest BCUT2D eigenvalue weighted by molar-refractivity contribution is 7.22. The van der Waals surface area contributed by atoms with E-state index in [1.165, 1.54) is 11.3 Å². The van der Waals surface area contributed by atoms with Crippen molar-refractivity contribution in [2.24, 2.45) is 0 Å². The zero-order chi connectivity index (χ0) is 18.1. The molecular formula is C19H16N4O2S. The molecule has 0 N–H and O–H groups in total. The number of carbonyl (C=O) groups excluding carboxylic acids is 1. The molecule has 0 radical (unpaired) electrons. The molecule has 1 aromatic carbocycles. The summed E-state index contributed by atoms with van der Waals surface area (Å²) in [6, 6.07) is 13.3. The van der Waals surface area contributed by atoms with Crippen LogP contribution in [0.1, 0.15) is 27.5 Å². The SMILES string of the molecule is Cc1cc(C(=O)N(Cc2ccccn2)c2nc3c(C)cccc3s2)no1. The summed E-state index contributed by atoms with van der Waals surface area (Å²) in [5, 5.41) is 4.48. The van der Waals surface area contributed by atoms with Crippen molar-refractivity contribution in [2.75, 3.05) is 4.90 Å². The Kier molecular flexibility index (Phi) is 4.22. The Hall–Kier alpha value is -3.06. The Bertz CT molecular complexity index is 1070. The van der Waals surface area contributed by atoms with Gasteiger partial charge in [0.1, 0.15) is 5.76 Å². The molecule has 0 spiro atoms. The van der Waals surface area contributed by atoms with Crippen LogP contribution >= 0.6 is 11.3 Å². The van der Waals surface area contributed by atoms with E-state index < -0.39 is 0 Å². The van der Waals surface area contributed by atoms with Crippen molar-refractivity contribution in [3.8, 4) is 0 Å². The van der Waals surface area contributed by atoms with E-state index in [2.05, 4.69) is 10.1 Å².